The van der Waals surface area contributed by atoms with E-state index in [1.54, 1.807) is 11.9 Å². The molecule has 0 bridgehead atoms. The number of nitrogens with two attached hydrogens (primary N) is 1. The van der Waals surface area contributed by atoms with E-state index in [9.17, 15) is 4.79 Å². The van der Waals surface area contributed by atoms with Gasteiger partial charge in [-0.25, -0.2) is 0 Å². The van der Waals surface area contributed by atoms with Crippen LogP contribution in [0, 0.1) is 0 Å². The number of carbonyl (C=O) groups excluding carboxylic acids is 1. The first-order valence-electron chi connectivity index (χ1n) is 6.92. The van der Waals surface area contributed by atoms with Gasteiger partial charge in [0.2, 0.25) is 5.91 Å². The van der Waals surface area contributed by atoms with Crippen LogP contribution >= 0.6 is 12.2 Å². The van der Waals surface area contributed by atoms with Crippen LogP contribution in [-0.2, 0) is 9.53 Å². The lowest BCUT2D eigenvalue weighted by molar-refractivity contribution is -0.131. The fraction of sp³-hybridized carbons (Fsp3) is 0.846. The van der Waals surface area contributed by atoms with Crippen LogP contribution < -0.4 is 5.73 Å². The van der Waals surface area contributed by atoms with Crippen molar-refractivity contribution >= 4 is 23.1 Å². The van der Waals surface area contributed by atoms with E-state index >= 15 is 0 Å². The van der Waals surface area contributed by atoms with E-state index in [4.69, 9.17) is 27.8 Å². The maximum Gasteiger partial charge on any atom is 0.223 e. The molecule has 6 nitrogen and oxygen atoms in total. The Hall–Kier alpha value is -0.760. The molecule has 0 spiro atoms. The smallest absolute Gasteiger partial charge is 0.223 e. The second-order valence-electron chi connectivity index (χ2n) is 5.26. The number of thiocarbonyl (C=S) groups is 1. The lowest BCUT2D eigenvalue weighted by atomic mass is 10.2. The Morgan fingerprint density at radius 1 is 1.55 bits per heavy atom. The van der Waals surface area contributed by atoms with E-state index in [0.717, 1.165) is 0 Å². The molecule has 1 aliphatic heterocycles. The Kier molecular flexibility index (Phi) is 7.36. The Morgan fingerprint density at radius 3 is 2.85 bits per heavy atom. The first-order chi connectivity index (χ1) is 9.43. The minimum atomic E-state index is -0.145. The highest BCUT2D eigenvalue weighted by molar-refractivity contribution is 7.80. The van der Waals surface area contributed by atoms with Crippen molar-refractivity contribution in [2.75, 3.05) is 39.9 Å². The average molecular weight is 303 g/mol. The fourth-order valence-corrected chi connectivity index (χ4v) is 2.22. The number of hydrogen-bond acceptors (Lipinski definition) is 5. The molecule has 0 aromatic heterocycles. The summed E-state index contributed by atoms with van der Waals surface area (Å²) >= 11 is 4.80. The topological polar surface area (TPSA) is 79.0 Å². The summed E-state index contributed by atoms with van der Waals surface area (Å²) in [5.41, 5.74) is 5.43. The molecule has 1 aliphatic rings. The summed E-state index contributed by atoms with van der Waals surface area (Å²) in [5, 5.41) is 9.13. The average Bonchev–Trinajstić information content (AvgIpc) is 2.43. The van der Waals surface area contributed by atoms with Crippen LogP contribution in [0.5, 0.6) is 0 Å². The predicted molar refractivity (Wildman–Crippen MR) is 81.5 cm³/mol. The van der Waals surface area contributed by atoms with Gasteiger partial charge in [-0.1, -0.05) is 12.2 Å². The lowest BCUT2D eigenvalue weighted by Crippen LogP contribution is -2.50. The molecular weight excluding hydrogens is 278 g/mol. The summed E-state index contributed by atoms with van der Waals surface area (Å²) in [7, 11) is 1.76. The van der Waals surface area contributed by atoms with Crippen LogP contribution in [0.4, 0.5) is 0 Å². The van der Waals surface area contributed by atoms with E-state index in [1.165, 1.54) is 0 Å². The van der Waals surface area contributed by atoms with Crippen LogP contribution in [-0.4, -0.2) is 77.8 Å². The zero-order chi connectivity index (χ0) is 15.1. The number of hydrogen-bond donors (Lipinski definition) is 2. The van der Waals surface area contributed by atoms with E-state index in [1.807, 2.05) is 0 Å². The van der Waals surface area contributed by atoms with Crippen molar-refractivity contribution in [1.29, 1.82) is 0 Å². The Labute approximate surface area is 125 Å². The van der Waals surface area contributed by atoms with E-state index in [2.05, 4.69) is 11.8 Å². The van der Waals surface area contributed by atoms with Crippen LogP contribution in [0.2, 0.25) is 0 Å². The SMILES string of the molecule is CC1COC(CO)CN1CCC(=O)N(C)CCC(N)=S. The highest BCUT2D eigenvalue weighted by Gasteiger charge is 2.26. The van der Waals surface area contributed by atoms with Crippen molar-refractivity contribution in [3.05, 3.63) is 0 Å². The van der Waals surface area contributed by atoms with E-state index in [-0.39, 0.29) is 24.7 Å². The Balaban J connectivity index is 2.33. The molecule has 2 atom stereocenters. The minimum Gasteiger partial charge on any atom is -0.394 e. The van der Waals surface area contributed by atoms with Crippen molar-refractivity contribution in [3.63, 3.8) is 0 Å². The molecule has 1 amide bonds. The fourth-order valence-electron chi connectivity index (χ4n) is 2.13. The van der Waals surface area contributed by atoms with Crippen LogP contribution in [0.25, 0.3) is 0 Å². The molecule has 7 heteroatoms. The molecule has 1 heterocycles. The number of amides is 1. The molecule has 2 unspecified atom stereocenters. The van der Waals surface area contributed by atoms with Crippen molar-refractivity contribution in [2.24, 2.45) is 5.73 Å². The molecule has 0 aliphatic carbocycles. The highest BCUT2D eigenvalue weighted by Crippen LogP contribution is 2.12. The van der Waals surface area contributed by atoms with Crippen molar-refractivity contribution in [3.8, 4) is 0 Å². The summed E-state index contributed by atoms with van der Waals surface area (Å²) in [6, 6.07) is 0.271. The van der Waals surface area contributed by atoms with Gasteiger partial charge in [-0.05, 0) is 6.92 Å². The van der Waals surface area contributed by atoms with Crippen LogP contribution in [0.3, 0.4) is 0 Å². The second-order valence-corrected chi connectivity index (χ2v) is 5.79. The highest BCUT2D eigenvalue weighted by atomic mass is 32.1. The molecule has 1 fully saturated rings. The van der Waals surface area contributed by atoms with Crippen molar-refractivity contribution in [1.82, 2.24) is 9.80 Å². The molecule has 0 saturated carbocycles. The standard InChI is InChI=1S/C13H25N3O3S/c1-10-9-19-11(8-17)7-16(10)6-4-13(18)15(2)5-3-12(14)20/h10-11,17H,3-9H2,1-2H3,(H2,14,20). The summed E-state index contributed by atoms with van der Waals surface area (Å²) in [4.78, 5) is 16.3. The second kappa shape index (κ2) is 8.51. The summed E-state index contributed by atoms with van der Waals surface area (Å²) in [5.74, 6) is 0.0838. The number of rotatable bonds is 7. The van der Waals surface area contributed by atoms with Crippen LogP contribution in [0.15, 0.2) is 0 Å². The summed E-state index contributed by atoms with van der Waals surface area (Å²) in [6.45, 7) is 4.58. The largest absolute Gasteiger partial charge is 0.394 e. The Morgan fingerprint density at radius 2 is 2.25 bits per heavy atom. The van der Waals surface area contributed by atoms with Crippen molar-refractivity contribution < 1.29 is 14.6 Å². The monoisotopic (exact) mass is 303 g/mol. The first kappa shape index (κ1) is 17.3. The molecule has 1 saturated heterocycles. The lowest BCUT2D eigenvalue weighted by Gasteiger charge is -2.37. The van der Waals surface area contributed by atoms with Gasteiger partial charge < -0.3 is 20.5 Å². The maximum absolute atomic E-state index is 12.0. The van der Waals surface area contributed by atoms with Gasteiger partial charge in [-0.15, -0.1) is 0 Å². The molecule has 0 aromatic rings. The van der Waals surface area contributed by atoms with Crippen molar-refractivity contribution in [2.45, 2.75) is 31.9 Å². The summed E-state index contributed by atoms with van der Waals surface area (Å²) < 4.78 is 5.47. The van der Waals surface area contributed by atoms with Gasteiger partial charge in [-0.2, -0.15) is 0 Å². The van der Waals surface area contributed by atoms with Gasteiger partial charge >= 0.3 is 0 Å². The number of morpholine rings is 1. The number of ether oxygens (including phenoxy) is 1. The number of aliphatic hydroxyl groups excluding tert-OH is 1. The summed E-state index contributed by atoms with van der Waals surface area (Å²) in [6.07, 6.45) is 0.864. The van der Waals surface area contributed by atoms with Gasteiger partial charge in [0.15, 0.2) is 0 Å². The number of nitrogens with zero attached hydrogens (tertiary/aromatic N) is 2. The van der Waals surface area contributed by atoms with E-state index in [0.29, 0.717) is 44.1 Å². The molecule has 20 heavy (non-hydrogen) atoms. The normalized spacial score (nSPS) is 23.6. The van der Waals surface area contributed by atoms with Gasteiger partial charge in [0.1, 0.15) is 0 Å². The Bertz CT molecular complexity index is 341. The third-order valence-electron chi connectivity index (χ3n) is 3.57. The number of carbonyl (C=O) groups is 1. The van der Waals surface area contributed by atoms with Gasteiger partial charge in [0, 0.05) is 45.6 Å². The maximum atomic E-state index is 12.0. The minimum absolute atomic E-state index is 0.0189. The molecule has 0 aromatic carbocycles. The third kappa shape index (κ3) is 5.70. The van der Waals surface area contributed by atoms with Gasteiger partial charge in [0.25, 0.3) is 0 Å². The zero-order valence-corrected chi connectivity index (χ0v) is 13.1. The molecular formula is C13H25N3O3S. The molecule has 116 valence electrons. The van der Waals surface area contributed by atoms with Gasteiger partial charge in [0.05, 0.1) is 24.3 Å². The molecule has 0 radical (unpaired) electrons. The van der Waals surface area contributed by atoms with Crippen LogP contribution in [0.1, 0.15) is 19.8 Å². The zero-order valence-electron chi connectivity index (χ0n) is 12.2. The third-order valence-corrected chi connectivity index (χ3v) is 3.77. The quantitative estimate of drug-likeness (QED) is 0.623. The first-order valence-corrected chi connectivity index (χ1v) is 7.33. The van der Waals surface area contributed by atoms with E-state index < -0.39 is 0 Å². The van der Waals surface area contributed by atoms with Gasteiger partial charge in [-0.3, -0.25) is 9.69 Å². The molecule has 1 rings (SSSR count). The predicted octanol–water partition coefficient (Wildman–Crippen LogP) is -0.407. The number of aliphatic hydroxyl groups is 1. The molecule has 3 N–H and O–H groups in total.